The summed E-state index contributed by atoms with van der Waals surface area (Å²) in [5.41, 5.74) is 4.17. The number of fused-ring (bicyclic) bond motifs is 3. The minimum absolute atomic E-state index is 0.0167. The van der Waals surface area contributed by atoms with Crippen molar-refractivity contribution < 1.29 is 9.47 Å². The van der Waals surface area contributed by atoms with Crippen LogP contribution >= 0.6 is 0 Å². The first kappa shape index (κ1) is 24.7. The van der Waals surface area contributed by atoms with Crippen molar-refractivity contribution in [1.29, 1.82) is 5.26 Å². The van der Waals surface area contributed by atoms with Gasteiger partial charge in [0.2, 0.25) is 5.88 Å². The Morgan fingerprint density at radius 1 is 1.13 bits per heavy atom. The van der Waals surface area contributed by atoms with Crippen molar-refractivity contribution in [3.8, 4) is 41.2 Å². The first-order chi connectivity index (χ1) is 19.1. The number of aromatic nitrogens is 4. The number of methoxy groups -OCH3 is 1. The van der Waals surface area contributed by atoms with Crippen LogP contribution in [0.3, 0.4) is 0 Å². The highest BCUT2D eigenvalue weighted by atomic mass is 16.5. The fraction of sp³-hybridized carbons (Fsp3) is 0.333. The third kappa shape index (κ3) is 4.73. The lowest BCUT2D eigenvalue weighted by atomic mass is 9.87. The molecule has 0 N–H and O–H groups in total. The van der Waals surface area contributed by atoms with Crippen molar-refractivity contribution in [2.45, 2.75) is 32.0 Å². The van der Waals surface area contributed by atoms with Crippen LogP contribution in [0, 0.1) is 29.6 Å². The van der Waals surface area contributed by atoms with E-state index in [2.05, 4.69) is 50.1 Å². The van der Waals surface area contributed by atoms with Gasteiger partial charge in [0.25, 0.3) is 0 Å². The van der Waals surface area contributed by atoms with Crippen molar-refractivity contribution in [3.63, 3.8) is 0 Å². The van der Waals surface area contributed by atoms with E-state index in [1.165, 1.54) is 12.0 Å². The SMILES string of the molecule is C#C[C@H](C)COc1cc(-c2ccc(N3CC4CC(C3)N4Cc3ccc(OC)nc3)nc2)c2c(C#N)cnn2c1. The van der Waals surface area contributed by atoms with E-state index in [9.17, 15) is 5.26 Å². The molecule has 39 heavy (non-hydrogen) atoms. The summed E-state index contributed by atoms with van der Waals surface area (Å²) in [7, 11) is 1.63. The topological polar surface area (TPSA) is 91.8 Å². The molecule has 196 valence electrons. The summed E-state index contributed by atoms with van der Waals surface area (Å²) < 4.78 is 12.8. The van der Waals surface area contributed by atoms with Gasteiger partial charge in [-0.25, -0.2) is 14.5 Å². The lowest BCUT2D eigenvalue weighted by Crippen LogP contribution is -2.68. The zero-order valence-electron chi connectivity index (χ0n) is 22.0. The van der Waals surface area contributed by atoms with Crippen molar-refractivity contribution in [1.82, 2.24) is 24.5 Å². The van der Waals surface area contributed by atoms with Gasteiger partial charge >= 0.3 is 0 Å². The van der Waals surface area contributed by atoms with Crippen LogP contribution in [0.1, 0.15) is 24.5 Å². The maximum absolute atomic E-state index is 9.66. The molecule has 0 radical (unpaired) electrons. The van der Waals surface area contributed by atoms with Crippen LogP contribution < -0.4 is 14.4 Å². The molecule has 3 fully saturated rings. The Hall–Kier alpha value is -4.60. The van der Waals surface area contributed by atoms with Gasteiger partial charge in [-0.15, -0.1) is 12.3 Å². The largest absolute Gasteiger partial charge is 0.491 e. The van der Waals surface area contributed by atoms with Gasteiger partial charge in [0, 0.05) is 61.3 Å². The predicted octanol–water partition coefficient (Wildman–Crippen LogP) is 3.78. The molecule has 9 heteroatoms. The number of rotatable bonds is 8. The van der Waals surface area contributed by atoms with Crippen LogP contribution in [-0.2, 0) is 6.54 Å². The van der Waals surface area contributed by atoms with Crippen molar-refractivity contribution >= 4 is 11.3 Å². The number of ether oxygens (including phenoxy) is 2. The highest BCUT2D eigenvalue weighted by Gasteiger charge is 2.44. The van der Waals surface area contributed by atoms with Gasteiger partial charge in [-0.3, -0.25) is 4.90 Å². The maximum atomic E-state index is 9.66. The second-order valence-corrected chi connectivity index (χ2v) is 10.2. The molecule has 3 aliphatic rings. The van der Waals surface area contributed by atoms with Gasteiger partial charge in [-0.05, 0) is 37.1 Å². The summed E-state index contributed by atoms with van der Waals surface area (Å²) in [5.74, 6) is 4.90. The van der Waals surface area contributed by atoms with Gasteiger partial charge in [0.15, 0.2) is 0 Å². The number of pyridine rings is 3. The molecule has 7 heterocycles. The molecular formula is C30H29N7O2. The van der Waals surface area contributed by atoms with Gasteiger partial charge in [0.05, 0.1) is 36.5 Å². The van der Waals surface area contributed by atoms with Crippen molar-refractivity contribution in [2.24, 2.45) is 5.92 Å². The van der Waals surface area contributed by atoms with Gasteiger partial charge in [0.1, 0.15) is 24.2 Å². The smallest absolute Gasteiger partial charge is 0.212 e. The standard InChI is InChI=1S/C30H29N7O2/c1-4-20(2)19-39-26-10-27(30-23(11-31)14-34-37(30)18-26)22-6-7-28(32-13-22)35-16-24-9-25(17-35)36(24)15-21-5-8-29(38-3)33-12-21/h1,5-8,10,12-14,18,20,24-25H,9,15-17,19H2,2-3H3/t20-,24?,25?/m0/s1. The number of terminal acetylenes is 1. The normalized spacial score (nSPS) is 19.1. The highest BCUT2D eigenvalue weighted by Crippen LogP contribution is 2.36. The average molecular weight is 520 g/mol. The lowest BCUT2D eigenvalue weighted by molar-refractivity contribution is -0.00876. The zero-order valence-corrected chi connectivity index (χ0v) is 22.0. The van der Waals surface area contributed by atoms with Crippen LogP contribution in [0.5, 0.6) is 11.6 Å². The van der Waals surface area contributed by atoms with Crippen LogP contribution in [0.2, 0.25) is 0 Å². The first-order valence-corrected chi connectivity index (χ1v) is 13.0. The molecule has 0 aromatic carbocycles. The quantitative estimate of drug-likeness (QED) is 0.325. The molecule has 0 aliphatic carbocycles. The number of hydrogen-bond acceptors (Lipinski definition) is 8. The maximum Gasteiger partial charge on any atom is 0.212 e. The molecular weight excluding hydrogens is 490 g/mol. The Morgan fingerprint density at radius 2 is 1.97 bits per heavy atom. The van der Waals surface area contributed by atoms with E-state index >= 15 is 0 Å². The summed E-state index contributed by atoms with van der Waals surface area (Å²) in [6.45, 7) is 5.11. The molecule has 3 saturated heterocycles. The molecule has 3 atom stereocenters. The minimum Gasteiger partial charge on any atom is -0.491 e. The van der Waals surface area contributed by atoms with E-state index < -0.39 is 0 Å². The highest BCUT2D eigenvalue weighted by molar-refractivity contribution is 5.85. The van der Waals surface area contributed by atoms with Crippen LogP contribution in [0.25, 0.3) is 16.6 Å². The Kier molecular flexibility index (Phi) is 6.52. The molecule has 0 saturated carbocycles. The third-order valence-electron chi connectivity index (χ3n) is 7.59. The molecule has 2 unspecified atom stereocenters. The van der Waals surface area contributed by atoms with E-state index in [-0.39, 0.29) is 5.92 Å². The Bertz CT molecular complexity index is 1550. The fourth-order valence-corrected chi connectivity index (χ4v) is 5.45. The van der Waals surface area contributed by atoms with Crippen LogP contribution in [0.15, 0.2) is 55.1 Å². The van der Waals surface area contributed by atoms with Crippen LogP contribution in [0.4, 0.5) is 5.82 Å². The number of hydrogen-bond donors (Lipinski definition) is 0. The van der Waals surface area contributed by atoms with Crippen molar-refractivity contribution in [2.75, 3.05) is 31.7 Å². The predicted molar refractivity (Wildman–Crippen MR) is 147 cm³/mol. The van der Waals surface area contributed by atoms with E-state index in [0.717, 1.165) is 42.1 Å². The van der Waals surface area contributed by atoms with E-state index in [4.69, 9.17) is 20.9 Å². The van der Waals surface area contributed by atoms with Crippen LogP contribution in [-0.4, -0.2) is 63.4 Å². The van der Waals surface area contributed by atoms with Gasteiger partial charge < -0.3 is 14.4 Å². The third-order valence-corrected chi connectivity index (χ3v) is 7.59. The summed E-state index contributed by atoms with van der Waals surface area (Å²) in [5, 5.41) is 14.0. The second-order valence-electron chi connectivity index (χ2n) is 10.2. The molecule has 0 amide bonds. The molecule has 9 nitrogen and oxygen atoms in total. The Balaban J connectivity index is 1.19. The molecule has 0 spiro atoms. The monoisotopic (exact) mass is 519 g/mol. The first-order valence-electron chi connectivity index (χ1n) is 13.0. The summed E-state index contributed by atoms with van der Waals surface area (Å²) in [6.07, 6.45) is 13.8. The number of piperazine rings is 1. The summed E-state index contributed by atoms with van der Waals surface area (Å²) in [4.78, 5) is 14.1. The summed E-state index contributed by atoms with van der Waals surface area (Å²) in [6, 6.07) is 13.3. The van der Waals surface area contributed by atoms with E-state index in [1.807, 2.05) is 31.5 Å². The number of nitriles is 1. The number of piperidine rings is 1. The molecule has 3 aliphatic heterocycles. The van der Waals surface area contributed by atoms with Gasteiger partial charge in [-0.2, -0.15) is 10.4 Å². The lowest BCUT2D eigenvalue weighted by Gasteiger charge is -2.56. The molecule has 2 bridgehead atoms. The fourth-order valence-electron chi connectivity index (χ4n) is 5.45. The second kappa shape index (κ2) is 10.3. The van der Waals surface area contributed by atoms with E-state index in [0.29, 0.717) is 35.9 Å². The minimum atomic E-state index is -0.0167. The average Bonchev–Trinajstić information content (AvgIpc) is 3.41. The Morgan fingerprint density at radius 3 is 2.64 bits per heavy atom. The van der Waals surface area contributed by atoms with Crippen molar-refractivity contribution in [3.05, 3.63) is 66.2 Å². The Labute approximate surface area is 227 Å². The zero-order chi connectivity index (χ0) is 26.9. The molecule has 4 aromatic heterocycles. The molecule has 4 aromatic rings. The number of nitrogens with zero attached hydrogens (tertiary/aromatic N) is 7. The molecule has 7 rings (SSSR count). The number of anilines is 1. The summed E-state index contributed by atoms with van der Waals surface area (Å²) >= 11 is 0. The van der Waals surface area contributed by atoms with Gasteiger partial charge in [-0.1, -0.05) is 6.07 Å². The van der Waals surface area contributed by atoms with E-state index in [1.54, 1.807) is 24.0 Å².